The number of hydrogen-bond donors (Lipinski definition) is 2. The minimum absolute atomic E-state index is 0.0466. The third kappa shape index (κ3) is 9.52. The maximum absolute atomic E-state index is 13.7. The first-order valence-corrected chi connectivity index (χ1v) is 16.9. The normalized spacial score (nSPS) is 18.2. The zero-order chi connectivity index (χ0) is 35.2. The van der Waals surface area contributed by atoms with Crippen LogP contribution >= 0.6 is 9.24 Å². The van der Waals surface area contributed by atoms with Crippen molar-refractivity contribution in [3.8, 4) is 11.5 Å². The molecule has 259 valence electrons. The van der Waals surface area contributed by atoms with Crippen molar-refractivity contribution in [3.63, 3.8) is 0 Å². The molecule has 48 heavy (non-hydrogen) atoms. The number of carbonyl (C=O) groups excluding carboxylic acids is 3. The standard InChI is InChI=1S/C35H48BN3O8P/c1-21(2)47-20-35(5,6)17-31(40)36-37-25-10-8-24(9-11-25)19-46-34(43)39-27-16-30(45-13-12-23(4)48)29(44-7)15-26(27)32(41)38-18-22(3)14-28(38)33(39)42/h8-11,15-16,21,23,28,33,37,42H,3,12-14,17-20,48H2,1-2,4-7H3/t23?,28-,33-/m0/s1. The van der Waals surface area contributed by atoms with Crippen LogP contribution in [0.15, 0.2) is 48.6 Å². The number of methoxy groups -OCH3 is 1. The number of aliphatic hydroxyl groups is 1. The number of nitrogens with one attached hydrogen (secondary N) is 1. The first-order chi connectivity index (χ1) is 22.7. The van der Waals surface area contributed by atoms with Gasteiger partial charge in [0, 0.05) is 24.7 Å². The second-order valence-corrected chi connectivity index (χ2v) is 14.7. The molecule has 13 heteroatoms. The largest absolute Gasteiger partial charge is 0.493 e. The Morgan fingerprint density at radius 1 is 1.17 bits per heavy atom. The molecule has 2 aromatic rings. The Balaban J connectivity index is 1.47. The van der Waals surface area contributed by atoms with Crippen LogP contribution < -0.4 is 19.6 Å². The summed E-state index contributed by atoms with van der Waals surface area (Å²) in [6.07, 6.45) is -0.684. The number of nitrogens with zero attached hydrogens (tertiary/aromatic N) is 2. The monoisotopic (exact) mass is 680 g/mol. The fraction of sp³-hybridized carbons (Fsp3) is 0.514. The van der Waals surface area contributed by atoms with E-state index in [9.17, 15) is 19.5 Å². The van der Waals surface area contributed by atoms with Gasteiger partial charge in [0.25, 0.3) is 5.91 Å². The van der Waals surface area contributed by atoms with Gasteiger partial charge in [-0.1, -0.05) is 45.1 Å². The Hall–Kier alpha value is -3.60. The Morgan fingerprint density at radius 3 is 2.52 bits per heavy atom. The number of anilines is 2. The van der Waals surface area contributed by atoms with Crippen molar-refractivity contribution < 1.29 is 38.4 Å². The summed E-state index contributed by atoms with van der Waals surface area (Å²) in [5, 5.41) is 14.6. The van der Waals surface area contributed by atoms with E-state index in [4.69, 9.17) is 18.9 Å². The van der Waals surface area contributed by atoms with E-state index in [0.717, 1.165) is 16.9 Å². The van der Waals surface area contributed by atoms with E-state index >= 15 is 0 Å². The first-order valence-electron chi connectivity index (χ1n) is 16.2. The highest BCUT2D eigenvalue weighted by Gasteiger charge is 2.46. The molecule has 2 amide bonds. The van der Waals surface area contributed by atoms with Crippen LogP contribution in [0.5, 0.6) is 11.5 Å². The van der Waals surface area contributed by atoms with Gasteiger partial charge in [-0.05, 0) is 61.5 Å². The molecule has 4 atom stereocenters. The molecule has 2 aliphatic rings. The molecular weight excluding hydrogens is 632 g/mol. The molecule has 0 spiro atoms. The van der Waals surface area contributed by atoms with Gasteiger partial charge in [0.2, 0.25) is 0 Å². The molecular formula is C35H48BN3O8P. The van der Waals surface area contributed by atoms with Crippen molar-refractivity contribution in [2.24, 2.45) is 5.41 Å². The maximum Gasteiger partial charge on any atom is 0.416 e. The number of ether oxygens (including phenoxy) is 4. The molecule has 0 saturated carbocycles. The highest BCUT2D eigenvalue weighted by molar-refractivity contribution is 7.17. The molecule has 1 fully saturated rings. The number of benzene rings is 2. The molecule has 2 aliphatic heterocycles. The number of rotatable bonds is 15. The average molecular weight is 681 g/mol. The average Bonchev–Trinajstić information content (AvgIpc) is 3.40. The molecule has 2 unspecified atom stereocenters. The van der Waals surface area contributed by atoms with E-state index in [1.54, 1.807) is 36.4 Å². The van der Waals surface area contributed by atoms with Crippen molar-refractivity contribution in [1.82, 2.24) is 4.90 Å². The highest BCUT2D eigenvalue weighted by atomic mass is 31.0. The predicted octanol–water partition coefficient (Wildman–Crippen LogP) is 5.37. The summed E-state index contributed by atoms with van der Waals surface area (Å²) in [4.78, 5) is 42.7. The van der Waals surface area contributed by atoms with Crippen LogP contribution in [0.1, 0.15) is 69.8 Å². The van der Waals surface area contributed by atoms with Gasteiger partial charge in [0.15, 0.2) is 17.7 Å². The topological polar surface area (TPSA) is 127 Å². The molecule has 2 heterocycles. The number of fused-ring (bicyclic) bond motifs is 2. The zero-order valence-corrected chi connectivity index (χ0v) is 29.9. The second kappa shape index (κ2) is 16.2. The van der Waals surface area contributed by atoms with Gasteiger partial charge in [0.1, 0.15) is 12.3 Å². The summed E-state index contributed by atoms with van der Waals surface area (Å²) in [6.45, 7) is 15.0. The maximum atomic E-state index is 13.7. The molecule has 0 bridgehead atoms. The van der Waals surface area contributed by atoms with Crippen LogP contribution in [-0.4, -0.2) is 86.0 Å². The van der Waals surface area contributed by atoms with Crippen LogP contribution in [0, 0.1) is 5.41 Å². The van der Waals surface area contributed by atoms with Crippen LogP contribution in [-0.2, 0) is 20.9 Å². The molecule has 0 aliphatic carbocycles. The van der Waals surface area contributed by atoms with Gasteiger partial charge < -0.3 is 39.0 Å². The number of aliphatic hydroxyl groups excluding tert-OH is 1. The molecule has 2 N–H and O–H groups in total. The Kier molecular flexibility index (Phi) is 12.6. The van der Waals surface area contributed by atoms with E-state index in [1.165, 1.54) is 19.4 Å². The van der Waals surface area contributed by atoms with Crippen LogP contribution in [0.4, 0.5) is 16.2 Å². The Morgan fingerprint density at radius 2 is 1.88 bits per heavy atom. The molecule has 0 aromatic heterocycles. The van der Waals surface area contributed by atoms with E-state index in [0.29, 0.717) is 54.5 Å². The van der Waals surface area contributed by atoms with Crippen LogP contribution in [0.25, 0.3) is 0 Å². The molecule has 2 aromatic carbocycles. The van der Waals surface area contributed by atoms with Crippen LogP contribution in [0.2, 0.25) is 0 Å². The van der Waals surface area contributed by atoms with Crippen molar-refractivity contribution in [3.05, 3.63) is 59.7 Å². The minimum atomic E-state index is -1.39. The fourth-order valence-corrected chi connectivity index (χ4v) is 5.72. The number of amides is 2. The lowest BCUT2D eigenvalue weighted by molar-refractivity contribution is -0.115. The summed E-state index contributed by atoms with van der Waals surface area (Å²) in [6, 6.07) is 9.51. The number of hydrogen-bond acceptors (Lipinski definition) is 9. The lowest BCUT2D eigenvalue weighted by Gasteiger charge is -2.31. The zero-order valence-electron chi connectivity index (χ0n) is 28.8. The fourth-order valence-electron chi connectivity index (χ4n) is 5.58. The van der Waals surface area contributed by atoms with Gasteiger partial charge in [-0.3, -0.25) is 4.79 Å². The van der Waals surface area contributed by atoms with Gasteiger partial charge in [-0.2, -0.15) is 0 Å². The van der Waals surface area contributed by atoms with E-state index in [2.05, 4.69) is 21.0 Å². The quantitative estimate of drug-likeness (QED) is 0.145. The van der Waals surface area contributed by atoms with E-state index < -0.39 is 18.4 Å². The first kappa shape index (κ1) is 37.2. The van der Waals surface area contributed by atoms with Gasteiger partial charge in [0.05, 0.1) is 43.7 Å². The summed E-state index contributed by atoms with van der Waals surface area (Å²) < 4.78 is 22.9. The summed E-state index contributed by atoms with van der Waals surface area (Å²) in [5.74, 6) is 0.337. The smallest absolute Gasteiger partial charge is 0.416 e. The third-order valence-corrected chi connectivity index (χ3v) is 8.47. The molecule has 1 radical (unpaired) electrons. The molecule has 11 nitrogen and oxygen atoms in total. The summed E-state index contributed by atoms with van der Waals surface area (Å²) >= 11 is 0. The molecule has 1 saturated heterocycles. The van der Waals surface area contributed by atoms with Crippen LogP contribution in [0.3, 0.4) is 0 Å². The lowest BCUT2D eigenvalue weighted by atomic mass is 9.76. The van der Waals surface area contributed by atoms with Crippen molar-refractivity contribution in [2.75, 3.05) is 37.0 Å². The van der Waals surface area contributed by atoms with Crippen molar-refractivity contribution in [1.29, 1.82) is 0 Å². The van der Waals surface area contributed by atoms with E-state index in [-0.39, 0.29) is 47.5 Å². The van der Waals surface area contributed by atoms with Gasteiger partial charge in [-0.25, -0.2) is 9.69 Å². The number of carbonyl (C=O) groups is 3. The lowest BCUT2D eigenvalue weighted by Crippen LogP contribution is -2.50. The van der Waals surface area contributed by atoms with Gasteiger partial charge >= 0.3 is 13.5 Å². The second-order valence-electron chi connectivity index (χ2n) is 13.6. The Bertz CT molecular complexity index is 1480. The minimum Gasteiger partial charge on any atom is -0.493 e. The van der Waals surface area contributed by atoms with E-state index in [1.807, 2.05) is 34.6 Å². The summed E-state index contributed by atoms with van der Waals surface area (Å²) in [7, 11) is 5.65. The summed E-state index contributed by atoms with van der Waals surface area (Å²) in [5.41, 5.74) is 2.51. The third-order valence-electron chi connectivity index (χ3n) is 8.14. The highest BCUT2D eigenvalue weighted by Crippen LogP contribution is 2.42. The van der Waals surface area contributed by atoms with Crippen molar-refractivity contribution in [2.45, 2.75) is 84.5 Å². The SMILES string of the molecule is C=C1C[C@H]2[C@H](O)N(C(=O)OCc3ccc(N[B]C(=O)CC(C)(C)COC(C)C)cc3)c3cc(OCCC(C)P)c(OC)cc3C(=O)N2C1. The van der Waals surface area contributed by atoms with Gasteiger partial charge in [-0.15, -0.1) is 9.24 Å². The van der Waals surface area contributed by atoms with Crippen molar-refractivity contribution >= 4 is 45.7 Å². The Labute approximate surface area is 286 Å². The molecule has 4 rings (SSSR count). The predicted molar refractivity (Wildman–Crippen MR) is 190 cm³/mol.